The normalized spacial score (nSPS) is 13.0. The van der Waals surface area contributed by atoms with Gasteiger partial charge in [-0.25, -0.2) is 8.42 Å². The first kappa shape index (κ1) is 16.7. The van der Waals surface area contributed by atoms with Gasteiger partial charge in [-0.1, -0.05) is 13.0 Å². The van der Waals surface area contributed by atoms with Gasteiger partial charge in [0, 0.05) is 17.9 Å². The minimum atomic E-state index is -3.28. The van der Waals surface area contributed by atoms with Gasteiger partial charge in [-0.2, -0.15) is 0 Å². The Morgan fingerprint density at radius 2 is 2.05 bits per heavy atom. The summed E-state index contributed by atoms with van der Waals surface area (Å²) in [7, 11) is -3.28. The first-order chi connectivity index (χ1) is 9.25. The first-order valence-corrected chi connectivity index (χ1v) is 8.46. The quantitative estimate of drug-likeness (QED) is 0.836. The molecule has 20 heavy (non-hydrogen) atoms. The third-order valence-electron chi connectivity index (χ3n) is 3.18. The van der Waals surface area contributed by atoms with Crippen LogP contribution < -0.4 is 11.1 Å². The van der Waals surface area contributed by atoms with Gasteiger partial charge in [0.05, 0.1) is 4.90 Å². The molecule has 0 fully saturated rings. The summed E-state index contributed by atoms with van der Waals surface area (Å²) < 4.78 is 23.1. The molecule has 1 amide bonds. The average Bonchev–Trinajstić information content (AvgIpc) is 2.37. The van der Waals surface area contributed by atoms with Crippen molar-refractivity contribution in [3.05, 3.63) is 23.8 Å². The number of sulfone groups is 1. The van der Waals surface area contributed by atoms with E-state index in [4.69, 9.17) is 5.73 Å². The molecular weight excluding hydrogens is 276 g/mol. The standard InChI is InChI=1S/C14H22N2O3S/c1-10-6-7-12(20(3,18)19)9-13(10)16-14(17)11(2)5-4-8-15/h6-7,9,11H,4-5,8,15H2,1-3H3,(H,16,17). The minimum Gasteiger partial charge on any atom is -0.330 e. The van der Waals surface area contributed by atoms with Crippen molar-refractivity contribution in [2.45, 2.75) is 31.6 Å². The number of anilines is 1. The zero-order valence-corrected chi connectivity index (χ0v) is 13.0. The number of amides is 1. The fourth-order valence-electron chi connectivity index (χ4n) is 1.78. The molecule has 112 valence electrons. The highest BCUT2D eigenvalue weighted by Gasteiger charge is 2.15. The Bertz CT molecular complexity index is 582. The molecule has 0 bridgehead atoms. The van der Waals surface area contributed by atoms with Gasteiger partial charge in [-0.15, -0.1) is 0 Å². The van der Waals surface area contributed by atoms with Crippen LogP contribution in [0.3, 0.4) is 0 Å². The van der Waals surface area contributed by atoms with Crippen LogP contribution in [-0.4, -0.2) is 27.1 Å². The number of carbonyl (C=O) groups is 1. The lowest BCUT2D eigenvalue weighted by Crippen LogP contribution is -2.21. The van der Waals surface area contributed by atoms with Gasteiger partial charge in [0.1, 0.15) is 0 Å². The highest BCUT2D eigenvalue weighted by molar-refractivity contribution is 7.90. The summed E-state index contributed by atoms with van der Waals surface area (Å²) >= 11 is 0. The van der Waals surface area contributed by atoms with Gasteiger partial charge in [-0.05, 0) is 44.0 Å². The highest BCUT2D eigenvalue weighted by Crippen LogP contribution is 2.21. The number of aryl methyl sites for hydroxylation is 1. The van der Waals surface area contributed by atoms with Gasteiger partial charge < -0.3 is 11.1 Å². The molecule has 1 aromatic carbocycles. The molecule has 0 radical (unpaired) electrons. The van der Waals surface area contributed by atoms with E-state index in [0.29, 0.717) is 18.7 Å². The summed E-state index contributed by atoms with van der Waals surface area (Å²) in [5, 5.41) is 2.79. The second-order valence-electron chi connectivity index (χ2n) is 5.07. The Kier molecular flexibility index (Phi) is 5.71. The summed E-state index contributed by atoms with van der Waals surface area (Å²) in [6.07, 6.45) is 2.65. The molecule has 0 heterocycles. The molecule has 0 saturated heterocycles. The van der Waals surface area contributed by atoms with Crippen LogP contribution in [0.1, 0.15) is 25.3 Å². The molecule has 1 atom stereocenters. The SMILES string of the molecule is Cc1ccc(S(C)(=O)=O)cc1NC(=O)C(C)CCCN. The van der Waals surface area contributed by atoms with Crippen LogP contribution in [0.5, 0.6) is 0 Å². The maximum Gasteiger partial charge on any atom is 0.227 e. The Hall–Kier alpha value is -1.40. The zero-order valence-electron chi connectivity index (χ0n) is 12.1. The van der Waals surface area contributed by atoms with E-state index >= 15 is 0 Å². The van der Waals surface area contributed by atoms with Crippen molar-refractivity contribution in [3.8, 4) is 0 Å². The zero-order chi connectivity index (χ0) is 15.3. The molecule has 0 aliphatic carbocycles. The van der Waals surface area contributed by atoms with Gasteiger partial charge in [0.25, 0.3) is 0 Å². The van der Waals surface area contributed by atoms with Crippen molar-refractivity contribution in [2.75, 3.05) is 18.1 Å². The van der Waals surface area contributed by atoms with Gasteiger partial charge in [0.15, 0.2) is 9.84 Å². The molecule has 0 aliphatic rings. The molecule has 5 nitrogen and oxygen atoms in total. The van der Waals surface area contributed by atoms with Gasteiger partial charge >= 0.3 is 0 Å². The second kappa shape index (κ2) is 6.85. The van der Waals surface area contributed by atoms with E-state index in [1.165, 1.54) is 12.1 Å². The van der Waals surface area contributed by atoms with E-state index in [9.17, 15) is 13.2 Å². The molecule has 0 spiro atoms. The topological polar surface area (TPSA) is 89.3 Å². The van der Waals surface area contributed by atoms with Crippen molar-refractivity contribution in [3.63, 3.8) is 0 Å². The number of benzene rings is 1. The lowest BCUT2D eigenvalue weighted by atomic mass is 10.0. The lowest BCUT2D eigenvalue weighted by Gasteiger charge is -2.14. The third kappa shape index (κ3) is 4.61. The van der Waals surface area contributed by atoms with Crippen molar-refractivity contribution in [1.82, 2.24) is 0 Å². The molecule has 1 aromatic rings. The maximum atomic E-state index is 12.0. The predicted molar refractivity (Wildman–Crippen MR) is 80.4 cm³/mol. The van der Waals surface area contributed by atoms with Crippen LogP contribution in [-0.2, 0) is 14.6 Å². The van der Waals surface area contributed by atoms with Crippen LogP contribution in [0.15, 0.2) is 23.1 Å². The Morgan fingerprint density at radius 1 is 1.40 bits per heavy atom. The van der Waals surface area contributed by atoms with E-state index in [-0.39, 0.29) is 16.7 Å². The van der Waals surface area contributed by atoms with E-state index in [2.05, 4.69) is 5.32 Å². The Balaban J connectivity index is 2.89. The van der Waals surface area contributed by atoms with Crippen molar-refractivity contribution >= 4 is 21.4 Å². The molecule has 1 unspecified atom stereocenters. The monoisotopic (exact) mass is 298 g/mol. The van der Waals surface area contributed by atoms with Crippen LogP contribution in [0, 0.1) is 12.8 Å². The fraction of sp³-hybridized carbons (Fsp3) is 0.500. The highest BCUT2D eigenvalue weighted by atomic mass is 32.2. The Labute approximate surface area is 120 Å². The average molecular weight is 298 g/mol. The van der Waals surface area contributed by atoms with Crippen LogP contribution in [0.2, 0.25) is 0 Å². The van der Waals surface area contributed by atoms with Crippen LogP contribution in [0.25, 0.3) is 0 Å². The number of hydrogen-bond acceptors (Lipinski definition) is 4. The van der Waals surface area contributed by atoms with Gasteiger partial charge in [-0.3, -0.25) is 4.79 Å². The van der Waals surface area contributed by atoms with E-state index in [1.54, 1.807) is 6.07 Å². The Morgan fingerprint density at radius 3 is 2.60 bits per heavy atom. The molecule has 0 aliphatic heterocycles. The summed E-state index contributed by atoms with van der Waals surface area (Å²) in [5.74, 6) is -0.271. The summed E-state index contributed by atoms with van der Waals surface area (Å²) in [4.78, 5) is 12.2. The fourth-order valence-corrected chi connectivity index (χ4v) is 2.42. The van der Waals surface area contributed by atoms with Crippen LogP contribution in [0.4, 0.5) is 5.69 Å². The van der Waals surface area contributed by atoms with E-state index < -0.39 is 9.84 Å². The number of rotatable bonds is 6. The molecule has 0 aromatic heterocycles. The van der Waals surface area contributed by atoms with Crippen molar-refractivity contribution < 1.29 is 13.2 Å². The second-order valence-corrected chi connectivity index (χ2v) is 7.09. The van der Waals surface area contributed by atoms with Crippen LogP contribution >= 0.6 is 0 Å². The maximum absolute atomic E-state index is 12.0. The first-order valence-electron chi connectivity index (χ1n) is 6.57. The predicted octanol–water partition coefficient (Wildman–Crippen LogP) is 1.71. The molecule has 0 saturated carbocycles. The van der Waals surface area contributed by atoms with Crippen molar-refractivity contribution in [2.24, 2.45) is 11.7 Å². The van der Waals surface area contributed by atoms with E-state index in [1.807, 2.05) is 13.8 Å². The summed E-state index contributed by atoms with van der Waals surface area (Å²) in [6, 6.07) is 4.73. The number of nitrogens with one attached hydrogen (secondary N) is 1. The molecular formula is C14H22N2O3S. The smallest absolute Gasteiger partial charge is 0.227 e. The summed E-state index contributed by atoms with van der Waals surface area (Å²) in [5.41, 5.74) is 6.79. The largest absolute Gasteiger partial charge is 0.330 e. The molecule has 6 heteroatoms. The number of nitrogens with two attached hydrogens (primary N) is 1. The third-order valence-corrected chi connectivity index (χ3v) is 4.29. The molecule has 1 rings (SSSR count). The van der Waals surface area contributed by atoms with E-state index in [0.717, 1.165) is 18.2 Å². The number of carbonyl (C=O) groups excluding carboxylic acids is 1. The number of hydrogen-bond donors (Lipinski definition) is 2. The van der Waals surface area contributed by atoms with Crippen molar-refractivity contribution in [1.29, 1.82) is 0 Å². The van der Waals surface area contributed by atoms with Gasteiger partial charge in [0.2, 0.25) is 5.91 Å². The lowest BCUT2D eigenvalue weighted by molar-refractivity contribution is -0.119. The summed E-state index contributed by atoms with van der Waals surface area (Å²) in [6.45, 7) is 4.22. The molecule has 3 N–H and O–H groups in total. The minimum absolute atomic E-state index is 0.118.